The molecule has 2 amide bonds. The monoisotopic (exact) mass is 239 g/mol. The molecular weight excluding hydrogens is 226 g/mol. The van der Waals surface area contributed by atoms with Gasteiger partial charge in [0, 0.05) is 19.2 Å². The molecule has 7 heteroatoms. The molecule has 1 heterocycles. The highest BCUT2D eigenvalue weighted by molar-refractivity contribution is 5.88. The fourth-order valence-electron chi connectivity index (χ4n) is 1.06. The smallest absolute Gasteiger partial charge is 0.332 e. The molecular formula is C10H13N3O4. The highest BCUT2D eigenvalue weighted by atomic mass is 16.4. The number of hydrogen-bond acceptors (Lipinski definition) is 4. The van der Waals surface area contributed by atoms with Gasteiger partial charge in [-0.2, -0.15) is 0 Å². The number of aliphatic carboxylic acids is 1. The van der Waals surface area contributed by atoms with E-state index in [0.29, 0.717) is 5.69 Å². The van der Waals surface area contributed by atoms with Gasteiger partial charge in [0.25, 0.3) is 0 Å². The number of pyridine rings is 1. The van der Waals surface area contributed by atoms with Crippen molar-refractivity contribution in [1.82, 2.24) is 10.3 Å². The van der Waals surface area contributed by atoms with Crippen molar-refractivity contribution in [3.05, 3.63) is 24.5 Å². The molecule has 1 rings (SSSR count). The van der Waals surface area contributed by atoms with Gasteiger partial charge in [-0.15, -0.1) is 0 Å². The molecule has 92 valence electrons. The fourth-order valence-corrected chi connectivity index (χ4v) is 1.06. The van der Waals surface area contributed by atoms with Crippen LogP contribution in [0.3, 0.4) is 0 Å². The zero-order chi connectivity index (χ0) is 12.7. The van der Waals surface area contributed by atoms with Crippen LogP contribution in [0.5, 0.6) is 0 Å². The Morgan fingerprint density at radius 1 is 1.47 bits per heavy atom. The number of anilines is 1. The number of rotatable bonds is 5. The standard InChI is InChI=1S/C10H13N3O4/c14-8(9(15)16)3-5-12-10(17)13-7-2-1-4-11-6-7/h1-2,4,6,8,14H,3,5H2,(H,15,16)(H2,12,13,17). The average molecular weight is 239 g/mol. The van der Waals surface area contributed by atoms with Crippen LogP contribution in [0.1, 0.15) is 6.42 Å². The van der Waals surface area contributed by atoms with Gasteiger partial charge in [-0.1, -0.05) is 0 Å². The summed E-state index contributed by atoms with van der Waals surface area (Å²) >= 11 is 0. The van der Waals surface area contributed by atoms with E-state index in [1.165, 1.54) is 6.20 Å². The first-order valence-electron chi connectivity index (χ1n) is 4.95. The molecule has 0 radical (unpaired) electrons. The van der Waals surface area contributed by atoms with E-state index < -0.39 is 18.1 Å². The Morgan fingerprint density at radius 3 is 2.82 bits per heavy atom. The Labute approximate surface area is 97.5 Å². The summed E-state index contributed by atoms with van der Waals surface area (Å²) in [5.74, 6) is -1.31. The molecule has 0 aliphatic carbocycles. The van der Waals surface area contributed by atoms with E-state index in [-0.39, 0.29) is 13.0 Å². The van der Waals surface area contributed by atoms with E-state index in [1.54, 1.807) is 18.3 Å². The van der Waals surface area contributed by atoms with Crippen molar-refractivity contribution < 1.29 is 19.8 Å². The predicted octanol–water partition coefficient (Wildman–Crippen LogP) is 0.0387. The van der Waals surface area contributed by atoms with Gasteiger partial charge in [-0.25, -0.2) is 9.59 Å². The van der Waals surface area contributed by atoms with E-state index >= 15 is 0 Å². The minimum absolute atomic E-state index is 0.0458. The number of nitrogens with zero attached hydrogens (tertiary/aromatic N) is 1. The van der Waals surface area contributed by atoms with Gasteiger partial charge in [0.1, 0.15) is 0 Å². The quantitative estimate of drug-likeness (QED) is 0.579. The minimum atomic E-state index is -1.46. The highest BCUT2D eigenvalue weighted by Crippen LogP contribution is 2.01. The molecule has 0 saturated heterocycles. The van der Waals surface area contributed by atoms with Crippen molar-refractivity contribution in [1.29, 1.82) is 0 Å². The van der Waals surface area contributed by atoms with Crippen molar-refractivity contribution in [2.75, 3.05) is 11.9 Å². The molecule has 1 aromatic heterocycles. The highest BCUT2D eigenvalue weighted by Gasteiger charge is 2.12. The van der Waals surface area contributed by atoms with Crippen LogP contribution in [0.4, 0.5) is 10.5 Å². The van der Waals surface area contributed by atoms with Crippen LogP contribution in [0.15, 0.2) is 24.5 Å². The number of aromatic nitrogens is 1. The normalized spacial score (nSPS) is 11.6. The average Bonchev–Trinajstić information content (AvgIpc) is 2.30. The van der Waals surface area contributed by atoms with Gasteiger partial charge in [-0.3, -0.25) is 4.98 Å². The predicted molar refractivity (Wildman–Crippen MR) is 59.5 cm³/mol. The third-order valence-electron chi connectivity index (χ3n) is 1.91. The third kappa shape index (κ3) is 4.94. The Balaban J connectivity index is 2.25. The van der Waals surface area contributed by atoms with Crippen molar-refractivity contribution >= 4 is 17.7 Å². The first-order valence-corrected chi connectivity index (χ1v) is 4.95. The number of urea groups is 1. The minimum Gasteiger partial charge on any atom is -0.479 e. The van der Waals surface area contributed by atoms with Crippen molar-refractivity contribution in [2.45, 2.75) is 12.5 Å². The van der Waals surface area contributed by atoms with Gasteiger partial charge >= 0.3 is 12.0 Å². The summed E-state index contributed by atoms with van der Waals surface area (Å²) in [6, 6.07) is 2.86. The first-order chi connectivity index (χ1) is 8.09. The number of carbonyl (C=O) groups is 2. The van der Waals surface area contributed by atoms with Crippen LogP contribution in [-0.2, 0) is 4.79 Å². The van der Waals surface area contributed by atoms with Crippen LogP contribution in [0.2, 0.25) is 0 Å². The number of nitrogens with one attached hydrogen (secondary N) is 2. The van der Waals surface area contributed by atoms with E-state index in [0.717, 1.165) is 0 Å². The summed E-state index contributed by atoms with van der Waals surface area (Å²) in [5, 5.41) is 22.3. The molecule has 1 aromatic rings. The zero-order valence-electron chi connectivity index (χ0n) is 8.96. The molecule has 1 unspecified atom stereocenters. The van der Waals surface area contributed by atoms with E-state index in [1.807, 2.05) is 0 Å². The number of carboxylic acids is 1. The van der Waals surface area contributed by atoms with Crippen LogP contribution >= 0.6 is 0 Å². The molecule has 7 nitrogen and oxygen atoms in total. The second-order valence-corrected chi connectivity index (χ2v) is 3.27. The maximum absolute atomic E-state index is 11.3. The Bertz CT molecular complexity index is 382. The molecule has 0 aromatic carbocycles. The maximum atomic E-state index is 11.3. The second-order valence-electron chi connectivity index (χ2n) is 3.27. The van der Waals surface area contributed by atoms with Gasteiger partial charge in [0.15, 0.2) is 6.10 Å². The largest absolute Gasteiger partial charge is 0.479 e. The molecule has 0 bridgehead atoms. The summed E-state index contributed by atoms with van der Waals surface area (Å²) in [6.07, 6.45) is 1.54. The molecule has 0 spiro atoms. The second kappa shape index (κ2) is 6.44. The Kier molecular flexibility index (Phi) is 4.89. The summed E-state index contributed by atoms with van der Waals surface area (Å²) < 4.78 is 0. The molecule has 4 N–H and O–H groups in total. The Hall–Kier alpha value is -2.15. The van der Waals surface area contributed by atoms with E-state index in [2.05, 4.69) is 15.6 Å². The lowest BCUT2D eigenvalue weighted by atomic mass is 10.2. The summed E-state index contributed by atoms with van der Waals surface area (Å²) in [6.45, 7) is 0.0690. The van der Waals surface area contributed by atoms with Crippen LogP contribution < -0.4 is 10.6 Å². The van der Waals surface area contributed by atoms with Gasteiger partial charge in [-0.05, 0) is 12.1 Å². The zero-order valence-corrected chi connectivity index (χ0v) is 8.96. The lowest BCUT2D eigenvalue weighted by molar-refractivity contribution is -0.146. The molecule has 1 atom stereocenters. The number of aliphatic hydroxyl groups is 1. The number of carboxylic acid groups (broad SMARTS) is 1. The van der Waals surface area contributed by atoms with Crippen molar-refractivity contribution in [3.8, 4) is 0 Å². The van der Waals surface area contributed by atoms with Crippen molar-refractivity contribution in [3.63, 3.8) is 0 Å². The lowest BCUT2D eigenvalue weighted by Gasteiger charge is -2.08. The first kappa shape index (κ1) is 12.9. The van der Waals surface area contributed by atoms with Crippen molar-refractivity contribution in [2.24, 2.45) is 0 Å². The topological polar surface area (TPSA) is 112 Å². The van der Waals surface area contributed by atoms with Crippen LogP contribution in [0.25, 0.3) is 0 Å². The number of amides is 2. The van der Waals surface area contributed by atoms with Gasteiger partial charge in [0.2, 0.25) is 0 Å². The lowest BCUT2D eigenvalue weighted by Crippen LogP contribution is -2.33. The molecule has 0 aliphatic heterocycles. The third-order valence-corrected chi connectivity index (χ3v) is 1.91. The number of carbonyl (C=O) groups excluding carboxylic acids is 1. The number of hydrogen-bond donors (Lipinski definition) is 4. The summed E-state index contributed by atoms with van der Waals surface area (Å²) in [4.78, 5) is 25.4. The number of aliphatic hydroxyl groups excluding tert-OH is 1. The molecule has 17 heavy (non-hydrogen) atoms. The van der Waals surface area contributed by atoms with Crippen LogP contribution in [-0.4, -0.2) is 39.8 Å². The maximum Gasteiger partial charge on any atom is 0.332 e. The molecule has 0 saturated carbocycles. The Morgan fingerprint density at radius 2 is 2.24 bits per heavy atom. The summed E-state index contributed by atoms with van der Waals surface area (Å²) in [7, 11) is 0. The molecule has 0 fully saturated rings. The molecule has 0 aliphatic rings. The van der Waals surface area contributed by atoms with Gasteiger partial charge in [0.05, 0.1) is 11.9 Å². The van der Waals surface area contributed by atoms with E-state index in [9.17, 15) is 9.59 Å². The van der Waals surface area contributed by atoms with Gasteiger partial charge < -0.3 is 20.8 Å². The SMILES string of the molecule is O=C(NCCC(O)C(=O)O)Nc1cccnc1. The van der Waals surface area contributed by atoms with Crippen LogP contribution in [0, 0.1) is 0 Å². The summed E-state index contributed by atoms with van der Waals surface area (Å²) in [5.41, 5.74) is 0.531. The van der Waals surface area contributed by atoms with E-state index in [4.69, 9.17) is 10.2 Å². The fraction of sp³-hybridized carbons (Fsp3) is 0.300.